The fourth-order valence-corrected chi connectivity index (χ4v) is 3.20. The Morgan fingerprint density at radius 3 is 2.74 bits per heavy atom. The third kappa shape index (κ3) is 6.28. The van der Waals surface area contributed by atoms with Crippen LogP contribution >= 0.6 is 11.6 Å². The number of nitrogens with zero attached hydrogens (tertiary/aromatic N) is 3. The molecule has 1 aromatic carbocycles. The zero-order chi connectivity index (χ0) is 20.0. The molecule has 0 saturated heterocycles. The summed E-state index contributed by atoms with van der Waals surface area (Å²) in [5.74, 6) is 1.37. The first-order valence-corrected chi connectivity index (χ1v) is 9.81. The Balaban J connectivity index is 1.82. The largest absolute Gasteiger partial charge is 0.492 e. The lowest BCUT2D eigenvalue weighted by molar-refractivity contribution is -0.130. The highest BCUT2D eigenvalue weighted by Gasteiger charge is 2.15. The molecule has 0 atom stereocenters. The fourth-order valence-electron chi connectivity index (χ4n) is 3.02. The van der Waals surface area contributed by atoms with E-state index in [2.05, 4.69) is 30.6 Å². The first-order chi connectivity index (χ1) is 12.8. The van der Waals surface area contributed by atoms with E-state index in [9.17, 15) is 4.79 Å². The number of aryl methyl sites for hydroxylation is 1. The van der Waals surface area contributed by atoms with E-state index in [1.165, 1.54) is 11.3 Å². The predicted molar refractivity (Wildman–Crippen MR) is 109 cm³/mol. The number of amides is 1. The third-order valence-electron chi connectivity index (χ3n) is 4.58. The lowest BCUT2D eigenvalue weighted by atomic mass is 10.1. The van der Waals surface area contributed by atoms with Crippen molar-refractivity contribution >= 4 is 17.5 Å². The van der Waals surface area contributed by atoms with Gasteiger partial charge in [0, 0.05) is 30.7 Å². The van der Waals surface area contributed by atoms with Crippen molar-refractivity contribution in [1.29, 1.82) is 0 Å². The Kier molecular flexibility index (Phi) is 7.72. The first kappa shape index (κ1) is 21.3. The van der Waals surface area contributed by atoms with Crippen molar-refractivity contribution in [2.75, 3.05) is 20.2 Å². The van der Waals surface area contributed by atoms with Gasteiger partial charge in [0.15, 0.2) is 0 Å². The summed E-state index contributed by atoms with van der Waals surface area (Å²) in [7, 11) is 1.81. The summed E-state index contributed by atoms with van der Waals surface area (Å²) < 4.78 is 7.72. The second-order valence-electron chi connectivity index (χ2n) is 7.35. The minimum Gasteiger partial charge on any atom is -0.492 e. The highest BCUT2D eigenvalue weighted by Crippen LogP contribution is 2.18. The maximum atomic E-state index is 12.4. The van der Waals surface area contributed by atoms with Gasteiger partial charge in [-0.25, -0.2) is 0 Å². The average molecular weight is 392 g/mol. The van der Waals surface area contributed by atoms with Crippen molar-refractivity contribution in [1.82, 2.24) is 14.7 Å². The van der Waals surface area contributed by atoms with Crippen LogP contribution in [0.1, 0.15) is 37.2 Å². The van der Waals surface area contributed by atoms with Crippen LogP contribution in [0.3, 0.4) is 0 Å². The van der Waals surface area contributed by atoms with Crippen LogP contribution in [0.4, 0.5) is 0 Å². The van der Waals surface area contributed by atoms with Gasteiger partial charge in [-0.05, 0) is 49.9 Å². The topological polar surface area (TPSA) is 47.4 Å². The Hall–Kier alpha value is -2.01. The first-order valence-electron chi connectivity index (χ1n) is 9.43. The molecule has 0 saturated carbocycles. The van der Waals surface area contributed by atoms with E-state index in [0.29, 0.717) is 42.7 Å². The number of aromatic nitrogens is 2. The van der Waals surface area contributed by atoms with Gasteiger partial charge in [0.25, 0.3) is 0 Å². The average Bonchev–Trinajstić information content (AvgIpc) is 2.85. The second kappa shape index (κ2) is 9.79. The zero-order valence-corrected chi connectivity index (χ0v) is 17.7. The molecule has 1 heterocycles. The highest BCUT2D eigenvalue weighted by atomic mass is 35.5. The quantitative estimate of drug-likeness (QED) is 0.641. The number of likely N-dealkylation sites (N-methyl/N-ethyl adjacent to an activating group) is 1. The number of carbonyl (C=O) groups is 1. The summed E-state index contributed by atoms with van der Waals surface area (Å²) in [4.78, 5) is 14.2. The minimum absolute atomic E-state index is 0.111. The maximum Gasteiger partial charge on any atom is 0.222 e. The molecule has 6 heteroatoms. The molecule has 0 radical (unpaired) electrons. The molecule has 0 aliphatic carbocycles. The van der Waals surface area contributed by atoms with Gasteiger partial charge in [-0.3, -0.25) is 9.48 Å². The van der Waals surface area contributed by atoms with Gasteiger partial charge >= 0.3 is 0 Å². The van der Waals surface area contributed by atoms with E-state index in [-0.39, 0.29) is 5.91 Å². The summed E-state index contributed by atoms with van der Waals surface area (Å²) in [6, 6.07) is 7.27. The van der Waals surface area contributed by atoms with E-state index in [4.69, 9.17) is 16.3 Å². The predicted octanol–water partition coefficient (Wildman–Crippen LogP) is 4.28. The molecule has 0 spiro atoms. The van der Waals surface area contributed by atoms with Crippen LogP contribution in [-0.2, 0) is 17.8 Å². The van der Waals surface area contributed by atoms with Crippen LogP contribution in [0.5, 0.6) is 5.75 Å². The van der Waals surface area contributed by atoms with Gasteiger partial charge in [-0.1, -0.05) is 31.5 Å². The van der Waals surface area contributed by atoms with Crippen LogP contribution in [0, 0.1) is 19.8 Å². The Labute approximate surface area is 167 Å². The van der Waals surface area contributed by atoms with Crippen molar-refractivity contribution in [2.24, 2.45) is 5.92 Å². The third-order valence-corrected chi connectivity index (χ3v) is 4.81. The van der Waals surface area contributed by atoms with Gasteiger partial charge in [0.2, 0.25) is 5.91 Å². The normalized spacial score (nSPS) is 11.1. The van der Waals surface area contributed by atoms with Crippen LogP contribution in [0.15, 0.2) is 24.3 Å². The number of carbonyl (C=O) groups excluding carboxylic acids is 1. The molecule has 0 fully saturated rings. The number of halogens is 1. The van der Waals surface area contributed by atoms with Gasteiger partial charge in [-0.15, -0.1) is 0 Å². The molecular formula is C21H30ClN3O2. The van der Waals surface area contributed by atoms with Crippen LogP contribution in [-0.4, -0.2) is 40.8 Å². The maximum absolute atomic E-state index is 12.4. The molecule has 1 amide bonds. The van der Waals surface area contributed by atoms with Crippen molar-refractivity contribution in [3.63, 3.8) is 0 Å². The number of rotatable bonds is 9. The summed E-state index contributed by atoms with van der Waals surface area (Å²) in [5, 5.41) is 5.26. The Morgan fingerprint density at radius 1 is 1.33 bits per heavy atom. The summed E-state index contributed by atoms with van der Waals surface area (Å²) >= 11 is 5.94. The summed E-state index contributed by atoms with van der Waals surface area (Å²) in [6.45, 7) is 10.3. The molecule has 27 heavy (non-hydrogen) atoms. The van der Waals surface area contributed by atoms with E-state index < -0.39 is 0 Å². The van der Waals surface area contributed by atoms with E-state index in [1.54, 1.807) is 17.0 Å². The lowest BCUT2D eigenvalue weighted by Crippen LogP contribution is -2.31. The zero-order valence-electron chi connectivity index (χ0n) is 17.0. The molecule has 0 bridgehead atoms. The van der Waals surface area contributed by atoms with Gasteiger partial charge in [0.05, 0.1) is 12.2 Å². The van der Waals surface area contributed by atoms with Crippen LogP contribution < -0.4 is 4.74 Å². The summed E-state index contributed by atoms with van der Waals surface area (Å²) in [6.07, 6.45) is 1.19. The summed E-state index contributed by atoms with van der Waals surface area (Å²) in [5.41, 5.74) is 3.38. The van der Waals surface area contributed by atoms with Crippen molar-refractivity contribution in [3.05, 3.63) is 46.2 Å². The second-order valence-corrected chi connectivity index (χ2v) is 7.78. The SMILES string of the molecule is Cc1nn(CC(C)C)c(C)c1CCC(=O)N(C)CCOc1cccc(Cl)c1. The van der Waals surface area contributed by atoms with Gasteiger partial charge < -0.3 is 9.64 Å². The van der Waals surface area contributed by atoms with Gasteiger partial charge in [-0.2, -0.15) is 5.10 Å². The minimum atomic E-state index is 0.111. The smallest absolute Gasteiger partial charge is 0.222 e. The standard InChI is InChI=1S/C21H30ClN3O2/c1-15(2)14-25-17(4)20(16(3)23-25)9-10-21(26)24(5)11-12-27-19-8-6-7-18(22)13-19/h6-8,13,15H,9-12,14H2,1-5H3. The van der Waals surface area contributed by atoms with Crippen molar-refractivity contribution < 1.29 is 9.53 Å². The van der Waals surface area contributed by atoms with Gasteiger partial charge in [0.1, 0.15) is 12.4 Å². The number of ether oxygens (including phenoxy) is 1. The fraction of sp³-hybridized carbons (Fsp3) is 0.524. The molecule has 5 nitrogen and oxygen atoms in total. The van der Waals surface area contributed by atoms with Crippen LogP contribution in [0.25, 0.3) is 0 Å². The molecule has 0 N–H and O–H groups in total. The molecule has 0 unspecified atom stereocenters. The molecule has 2 aromatic rings. The molecule has 148 valence electrons. The Morgan fingerprint density at radius 2 is 2.07 bits per heavy atom. The van der Waals surface area contributed by atoms with E-state index in [0.717, 1.165) is 12.2 Å². The van der Waals surface area contributed by atoms with Crippen molar-refractivity contribution in [2.45, 2.75) is 47.1 Å². The molecule has 2 rings (SSSR count). The van der Waals surface area contributed by atoms with E-state index in [1.807, 2.05) is 26.1 Å². The van der Waals surface area contributed by atoms with Crippen LogP contribution in [0.2, 0.25) is 5.02 Å². The Bertz CT molecular complexity index is 771. The highest BCUT2D eigenvalue weighted by molar-refractivity contribution is 6.30. The lowest BCUT2D eigenvalue weighted by Gasteiger charge is -2.17. The number of hydrogen-bond donors (Lipinski definition) is 0. The monoisotopic (exact) mass is 391 g/mol. The molecule has 0 aliphatic rings. The van der Waals surface area contributed by atoms with Crippen molar-refractivity contribution in [3.8, 4) is 5.75 Å². The molecule has 1 aromatic heterocycles. The molecule has 0 aliphatic heterocycles. The number of benzene rings is 1. The molecular weight excluding hydrogens is 362 g/mol. The number of hydrogen-bond acceptors (Lipinski definition) is 3. The van der Waals surface area contributed by atoms with E-state index >= 15 is 0 Å².